The molecule has 2 aliphatic rings. The van der Waals surface area contributed by atoms with E-state index in [0.717, 1.165) is 25.7 Å². The second kappa shape index (κ2) is 7.80. The predicted octanol–water partition coefficient (Wildman–Crippen LogP) is 3.32. The number of carbonyl (C=O) groups is 1. The van der Waals surface area contributed by atoms with Gasteiger partial charge in [-0.15, -0.1) is 0 Å². The maximum absolute atomic E-state index is 13.3. The lowest BCUT2D eigenvalue weighted by Gasteiger charge is -2.43. The Hall–Kier alpha value is -2.60. The number of pyridine rings is 1. The minimum atomic E-state index is -0.293. The zero-order chi connectivity index (χ0) is 19.6. The Labute approximate surface area is 165 Å². The third-order valence-electron chi connectivity index (χ3n) is 6.04. The summed E-state index contributed by atoms with van der Waals surface area (Å²) in [5, 5.41) is 0. The molecule has 1 aliphatic heterocycles. The molecule has 1 amide bonds. The summed E-state index contributed by atoms with van der Waals surface area (Å²) in [5.74, 6) is 1.32. The van der Waals surface area contributed by atoms with Crippen molar-refractivity contribution in [2.24, 2.45) is 0 Å². The second-order valence-electron chi connectivity index (χ2n) is 7.45. The first kappa shape index (κ1) is 18.7. The van der Waals surface area contributed by atoms with Crippen LogP contribution in [0.1, 0.15) is 36.0 Å². The van der Waals surface area contributed by atoms with Gasteiger partial charge in [0.25, 0.3) is 5.91 Å². The number of fused-ring (bicyclic) bond motifs is 1. The first-order valence-corrected chi connectivity index (χ1v) is 9.73. The van der Waals surface area contributed by atoms with Gasteiger partial charge in [0.2, 0.25) is 5.88 Å². The zero-order valence-electron chi connectivity index (χ0n) is 16.3. The largest absolute Gasteiger partial charge is 0.497 e. The van der Waals surface area contributed by atoms with E-state index >= 15 is 0 Å². The number of amides is 1. The number of carbonyl (C=O) groups excluding carboxylic acids is 1. The quantitative estimate of drug-likeness (QED) is 0.794. The average Bonchev–Trinajstić information content (AvgIpc) is 3.13. The van der Waals surface area contributed by atoms with E-state index in [4.69, 9.17) is 14.2 Å². The van der Waals surface area contributed by atoms with E-state index in [1.165, 1.54) is 0 Å². The fourth-order valence-corrected chi connectivity index (χ4v) is 4.52. The minimum Gasteiger partial charge on any atom is -0.497 e. The third kappa shape index (κ3) is 3.44. The SMILES string of the molecule is COc1cccc(C(=O)N2CC[C@]3(OC)CC[C@H](Oc4ccccn4)C[C@H]23)c1. The predicted molar refractivity (Wildman–Crippen MR) is 105 cm³/mol. The van der Waals surface area contributed by atoms with Crippen molar-refractivity contribution in [3.05, 3.63) is 54.2 Å². The van der Waals surface area contributed by atoms with Crippen molar-refractivity contribution in [3.63, 3.8) is 0 Å². The summed E-state index contributed by atoms with van der Waals surface area (Å²) < 4.78 is 17.3. The van der Waals surface area contributed by atoms with Crippen LogP contribution in [0.15, 0.2) is 48.7 Å². The fourth-order valence-electron chi connectivity index (χ4n) is 4.52. The number of methoxy groups -OCH3 is 2. The smallest absolute Gasteiger partial charge is 0.254 e. The van der Waals surface area contributed by atoms with Gasteiger partial charge in [-0.2, -0.15) is 0 Å². The highest BCUT2D eigenvalue weighted by molar-refractivity contribution is 5.95. The summed E-state index contributed by atoms with van der Waals surface area (Å²) in [4.78, 5) is 19.5. The van der Waals surface area contributed by atoms with E-state index in [1.54, 1.807) is 26.5 Å². The number of hydrogen-bond donors (Lipinski definition) is 0. The summed E-state index contributed by atoms with van der Waals surface area (Å²) in [6.07, 6.45) is 5.09. The fraction of sp³-hybridized carbons (Fsp3) is 0.455. The number of benzene rings is 1. The maximum Gasteiger partial charge on any atom is 0.254 e. The van der Waals surface area contributed by atoms with Crippen LogP contribution in [-0.4, -0.2) is 54.3 Å². The lowest BCUT2D eigenvalue weighted by molar-refractivity contribution is -0.0788. The molecule has 1 aromatic heterocycles. The molecular weight excluding hydrogens is 356 g/mol. The van der Waals surface area contributed by atoms with Crippen LogP contribution in [0.4, 0.5) is 0 Å². The molecule has 0 bridgehead atoms. The van der Waals surface area contributed by atoms with Gasteiger partial charge >= 0.3 is 0 Å². The maximum atomic E-state index is 13.3. The molecule has 1 saturated carbocycles. The van der Waals surface area contributed by atoms with Gasteiger partial charge in [0, 0.05) is 37.9 Å². The van der Waals surface area contributed by atoms with E-state index in [-0.39, 0.29) is 23.7 Å². The molecule has 0 N–H and O–H groups in total. The molecule has 3 atom stereocenters. The Bertz CT molecular complexity index is 828. The lowest BCUT2D eigenvalue weighted by Crippen LogP contribution is -2.53. The molecule has 0 spiro atoms. The molecule has 6 nitrogen and oxygen atoms in total. The molecule has 0 unspecified atom stereocenters. The number of hydrogen-bond acceptors (Lipinski definition) is 5. The van der Waals surface area contributed by atoms with Gasteiger partial charge in [0.15, 0.2) is 0 Å². The van der Waals surface area contributed by atoms with Crippen molar-refractivity contribution < 1.29 is 19.0 Å². The summed E-state index contributed by atoms with van der Waals surface area (Å²) in [6, 6.07) is 13.0. The normalized spacial score (nSPS) is 26.6. The summed E-state index contributed by atoms with van der Waals surface area (Å²) in [7, 11) is 3.36. The number of likely N-dealkylation sites (tertiary alicyclic amines) is 1. The average molecular weight is 382 g/mol. The molecule has 6 heteroatoms. The monoisotopic (exact) mass is 382 g/mol. The van der Waals surface area contributed by atoms with Crippen molar-refractivity contribution in [2.45, 2.75) is 43.4 Å². The van der Waals surface area contributed by atoms with Crippen molar-refractivity contribution in [1.29, 1.82) is 0 Å². The molecule has 0 radical (unpaired) electrons. The van der Waals surface area contributed by atoms with Crippen LogP contribution in [0, 0.1) is 0 Å². The van der Waals surface area contributed by atoms with E-state index in [1.807, 2.05) is 41.3 Å². The van der Waals surface area contributed by atoms with Crippen molar-refractivity contribution in [2.75, 3.05) is 20.8 Å². The van der Waals surface area contributed by atoms with E-state index in [9.17, 15) is 4.79 Å². The van der Waals surface area contributed by atoms with Crippen LogP contribution in [0.5, 0.6) is 11.6 Å². The van der Waals surface area contributed by atoms with Gasteiger partial charge in [-0.05, 0) is 43.5 Å². The Morgan fingerprint density at radius 1 is 1.18 bits per heavy atom. The van der Waals surface area contributed by atoms with E-state index < -0.39 is 0 Å². The summed E-state index contributed by atoms with van der Waals surface area (Å²) >= 11 is 0. The summed E-state index contributed by atoms with van der Waals surface area (Å²) in [5.41, 5.74) is 0.345. The molecule has 2 fully saturated rings. The number of rotatable bonds is 5. The van der Waals surface area contributed by atoms with Gasteiger partial charge in [-0.25, -0.2) is 4.98 Å². The molecule has 1 aromatic carbocycles. The van der Waals surface area contributed by atoms with Gasteiger partial charge in [-0.1, -0.05) is 12.1 Å². The summed E-state index contributed by atoms with van der Waals surface area (Å²) in [6.45, 7) is 0.685. The lowest BCUT2D eigenvalue weighted by atomic mass is 9.79. The molecule has 148 valence electrons. The molecule has 2 heterocycles. The Kier molecular flexibility index (Phi) is 5.22. The highest BCUT2D eigenvalue weighted by Crippen LogP contribution is 2.43. The van der Waals surface area contributed by atoms with Crippen molar-refractivity contribution in [3.8, 4) is 11.6 Å². The van der Waals surface area contributed by atoms with Crippen molar-refractivity contribution >= 4 is 5.91 Å². The van der Waals surface area contributed by atoms with Crippen LogP contribution in [0.3, 0.4) is 0 Å². The second-order valence-corrected chi connectivity index (χ2v) is 7.45. The molecule has 1 saturated heterocycles. The Morgan fingerprint density at radius 3 is 2.82 bits per heavy atom. The molecule has 1 aliphatic carbocycles. The van der Waals surface area contributed by atoms with Gasteiger partial charge in [0.05, 0.1) is 18.8 Å². The van der Waals surface area contributed by atoms with Gasteiger partial charge in [0.1, 0.15) is 11.9 Å². The minimum absolute atomic E-state index is 0.0151. The van der Waals surface area contributed by atoms with Crippen LogP contribution in [0.25, 0.3) is 0 Å². The Balaban J connectivity index is 1.54. The topological polar surface area (TPSA) is 60.9 Å². The standard InChI is InChI=1S/C22H26N2O4/c1-26-17-7-5-6-16(14-17)21(25)24-13-11-22(27-2)10-9-18(15-19(22)24)28-20-8-3-4-12-23-20/h3-8,12,14,18-19H,9-11,13,15H2,1-2H3/t18-,19-,22+/m0/s1. The Morgan fingerprint density at radius 2 is 2.07 bits per heavy atom. The number of nitrogens with zero attached hydrogens (tertiary/aromatic N) is 2. The first-order chi connectivity index (χ1) is 13.6. The number of aromatic nitrogens is 1. The molecule has 2 aromatic rings. The highest BCUT2D eigenvalue weighted by atomic mass is 16.5. The highest BCUT2D eigenvalue weighted by Gasteiger charge is 2.53. The zero-order valence-corrected chi connectivity index (χ0v) is 16.3. The molecule has 4 rings (SSSR count). The van der Waals surface area contributed by atoms with Crippen LogP contribution >= 0.6 is 0 Å². The first-order valence-electron chi connectivity index (χ1n) is 9.73. The van der Waals surface area contributed by atoms with Crippen molar-refractivity contribution in [1.82, 2.24) is 9.88 Å². The molecule has 28 heavy (non-hydrogen) atoms. The van der Waals surface area contributed by atoms with Crippen LogP contribution in [0.2, 0.25) is 0 Å². The van der Waals surface area contributed by atoms with Gasteiger partial charge in [-0.3, -0.25) is 4.79 Å². The van der Waals surface area contributed by atoms with E-state index in [0.29, 0.717) is 23.7 Å². The third-order valence-corrected chi connectivity index (χ3v) is 6.04. The van der Waals surface area contributed by atoms with Crippen LogP contribution < -0.4 is 9.47 Å². The van der Waals surface area contributed by atoms with Crippen LogP contribution in [-0.2, 0) is 4.74 Å². The van der Waals surface area contributed by atoms with Gasteiger partial charge < -0.3 is 19.1 Å². The van der Waals surface area contributed by atoms with E-state index in [2.05, 4.69) is 4.98 Å². The molecular formula is C22H26N2O4. The number of ether oxygens (including phenoxy) is 3.